The maximum Gasteiger partial charge on any atom is 0.236 e. The fraction of sp³-hybridized carbons (Fsp3) is 0.500. The number of piperazine rings is 1. The van der Waals surface area contributed by atoms with E-state index in [0.29, 0.717) is 13.1 Å². The molecule has 1 aliphatic heterocycles. The van der Waals surface area contributed by atoms with Crippen LogP contribution in [0.2, 0.25) is 5.02 Å². The molecule has 1 heterocycles. The minimum absolute atomic E-state index is 0.115. The van der Waals surface area contributed by atoms with E-state index in [1.807, 2.05) is 16.8 Å². The minimum atomic E-state index is -0.421. The van der Waals surface area contributed by atoms with Gasteiger partial charge in [-0.05, 0) is 24.7 Å². The lowest BCUT2D eigenvalue weighted by atomic mass is 10.2. The Morgan fingerprint density at radius 2 is 2.15 bits per heavy atom. The Kier molecular flexibility index (Phi) is 5.34. The summed E-state index contributed by atoms with van der Waals surface area (Å²) < 4.78 is 13.1. The number of nitrogens with zero attached hydrogens (tertiary/aromatic N) is 2. The molecule has 2 rings (SSSR count). The van der Waals surface area contributed by atoms with Crippen LogP contribution in [0, 0.1) is 5.82 Å². The maximum atomic E-state index is 13.1. The van der Waals surface area contributed by atoms with Gasteiger partial charge < -0.3 is 10.2 Å². The highest BCUT2D eigenvalue weighted by molar-refractivity contribution is 6.30. The summed E-state index contributed by atoms with van der Waals surface area (Å²) in [6.07, 6.45) is 0. The number of hydrogen-bond acceptors (Lipinski definition) is 3. The SMILES string of the molecule is CN(CC(=O)N1CCNCC1)Cc1ccc(F)c(Cl)c1. The van der Waals surface area contributed by atoms with E-state index in [0.717, 1.165) is 31.7 Å². The summed E-state index contributed by atoms with van der Waals surface area (Å²) in [6.45, 7) is 4.14. The second-order valence-corrected chi connectivity index (χ2v) is 5.46. The van der Waals surface area contributed by atoms with E-state index in [9.17, 15) is 9.18 Å². The monoisotopic (exact) mass is 299 g/mol. The number of carbonyl (C=O) groups excluding carboxylic acids is 1. The van der Waals surface area contributed by atoms with Gasteiger partial charge in [0.15, 0.2) is 0 Å². The molecular weight excluding hydrogens is 281 g/mol. The van der Waals surface area contributed by atoms with Gasteiger partial charge in [-0.3, -0.25) is 9.69 Å². The molecular formula is C14H19ClFN3O. The molecule has 1 aromatic rings. The second-order valence-electron chi connectivity index (χ2n) is 5.05. The quantitative estimate of drug-likeness (QED) is 0.911. The number of amides is 1. The van der Waals surface area contributed by atoms with Crippen molar-refractivity contribution in [3.05, 3.63) is 34.6 Å². The first-order valence-corrected chi connectivity index (χ1v) is 7.05. The van der Waals surface area contributed by atoms with Gasteiger partial charge in [-0.1, -0.05) is 17.7 Å². The second kappa shape index (κ2) is 7.02. The lowest BCUT2D eigenvalue weighted by molar-refractivity contribution is -0.132. The largest absolute Gasteiger partial charge is 0.339 e. The van der Waals surface area contributed by atoms with Crippen molar-refractivity contribution in [2.75, 3.05) is 39.8 Å². The van der Waals surface area contributed by atoms with E-state index in [-0.39, 0.29) is 10.9 Å². The van der Waals surface area contributed by atoms with Crippen molar-refractivity contribution < 1.29 is 9.18 Å². The molecule has 20 heavy (non-hydrogen) atoms. The molecule has 1 fully saturated rings. The first kappa shape index (κ1) is 15.2. The number of rotatable bonds is 4. The summed E-state index contributed by atoms with van der Waals surface area (Å²) in [4.78, 5) is 15.9. The molecule has 0 radical (unpaired) electrons. The Morgan fingerprint density at radius 1 is 1.45 bits per heavy atom. The highest BCUT2D eigenvalue weighted by atomic mass is 35.5. The van der Waals surface area contributed by atoms with Crippen LogP contribution in [0.15, 0.2) is 18.2 Å². The minimum Gasteiger partial charge on any atom is -0.339 e. The predicted molar refractivity (Wildman–Crippen MR) is 77.2 cm³/mol. The molecule has 0 spiro atoms. The van der Waals surface area contributed by atoms with Crippen LogP contribution in [0.3, 0.4) is 0 Å². The van der Waals surface area contributed by atoms with Crippen LogP contribution in [0.1, 0.15) is 5.56 Å². The highest BCUT2D eigenvalue weighted by Gasteiger charge is 2.17. The van der Waals surface area contributed by atoms with E-state index in [1.54, 1.807) is 12.1 Å². The first-order valence-electron chi connectivity index (χ1n) is 6.67. The van der Waals surface area contributed by atoms with Crippen LogP contribution in [0.4, 0.5) is 4.39 Å². The zero-order valence-corrected chi connectivity index (χ0v) is 12.3. The van der Waals surface area contributed by atoms with Crippen LogP contribution in [0.5, 0.6) is 0 Å². The number of hydrogen-bond donors (Lipinski definition) is 1. The molecule has 1 N–H and O–H groups in total. The fourth-order valence-electron chi connectivity index (χ4n) is 2.25. The van der Waals surface area contributed by atoms with Gasteiger partial charge in [-0.25, -0.2) is 4.39 Å². The van der Waals surface area contributed by atoms with E-state index >= 15 is 0 Å². The fourth-order valence-corrected chi connectivity index (χ4v) is 2.45. The summed E-state index contributed by atoms with van der Waals surface area (Å²) in [5.41, 5.74) is 0.895. The summed E-state index contributed by atoms with van der Waals surface area (Å²) in [5.74, 6) is -0.294. The molecule has 1 aliphatic rings. The summed E-state index contributed by atoms with van der Waals surface area (Å²) in [6, 6.07) is 4.64. The number of likely N-dealkylation sites (N-methyl/N-ethyl adjacent to an activating group) is 1. The Hall–Kier alpha value is -1.17. The van der Waals surface area contributed by atoms with Crippen LogP contribution in [-0.4, -0.2) is 55.5 Å². The first-order chi connectivity index (χ1) is 9.56. The summed E-state index contributed by atoms with van der Waals surface area (Å²) in [7, 11) is 1.87. The van der Waals surface area contributed by atoms with Gasteiger partial charge >= 0.3 is 0 Å². The van der Waals surface area contributed by atoms with Gasteiger partial charge in [-0.15, -0.1) is 0 Å². The maximum absolute atomic E-state index is 13.1. The molecule has 0 bridgehead atoms. The normalized spacial score (nSPS) is 15.7. The summed E-state index contributed by atoms with van der Waals surface area (Å²) in [5, 5.41) is 3.33. The van der Waals surface area contributed by atoms with Gasteiger partial charge in [0.05, 0.1) is 11.6 Å². The third kappa shape index (κ3) is 4.16. The standard InChI is InChI=1S/C14H19ClFN3O/c1-18(9-11-2-3-13(16)12(15)8-11)10-14(20)19-6-4-17-5-7-19/h2-3,8,17H,4-7,9-10H2,1H3. The van der Waals surface area contributed by atoms with Crippen molar-refractivity contribution >= 4 is 17.5 Å². The van der Waals surface area contributed by atoms with Crippen molar-refractivity contribution in [1.82, 2.24) is 15.1 Å². The van der Waals surface area contributed by atoms with Crippen molar-refractivity contribution in [1.29, 1.82) is 0 Å². The van der Waals surface area contributed by atoms with Crippen molar-refractivity contribution in [3.8, 4) is 0 Å². The molecule has 4 nitrogen and oxygen atoms in total. The number of carbonyl (C=O) groups is 1. The van der Waals surface area contributed by atoms with E-state index in [2.05, 4.69) is 5.32 Å². The molecule has 1 amide bonds. The van der Waals surface area contributed by atoms with E-state index in [1.165, 1.54) is 6.07 Å². The zero-order valence-electron chi connectivity index (χ0n) is 11.5. The molecule has 110 valence electrons. The third-order valence-corrected chi connectivity index (χ3v) is 3.60. The van der Waals surface area contributed by atoms with Crippen LogP contribution >= 0.6 is 11.6 Å². The topological polar surface area (TPSA) is 35.6 Å². The molecule has 0 atom stereocenters. The highest BCUT2D eigenvalue weighted by Crippen LogP contribution is 2.16. The zero-order chi connectivity index (χ0) is 14.5. The Bertz CT molecular complexity index is 477. The lowest BCUT2D eigenvalue weighted by Gasteiger charge is -2.29. The molecule has 1 aromatic carbocycles. The lowest BCUT2D eigenvalue weighted by Crippen LogP contribution is -2.49. The third-order valence-electron chi connectivity index (χ3n) is 3.31. The molecule has 6 heteroatoms. The van der Waals surface area contributed by atoms with Crippen molar-refractivity contribution in [3.63, 3.8) is 0 Å². The van der Waals surface area contributed by atoms with Crippen molar-refractivity contribution in [2.24, 2.45) is 0 Å². The molecule has 0 saturated carbocycles. The van der Waals surface area contributed by atoms with Crippen LogP contribution in [-0.2, 0) is 11.3 Å². The van der Waals surface area contributed by atoms with Gasteiger partial charge in [0.2, 0.25) is 5.91 Å². The average molecular weight is 300 g/mol. The number of benzene rings is 1. The Morgan fingerprint density at radius 3 is 2.80 bits per heavy atom. The number of nitrogens with one attached hydrogen (secondary N) is 1. The van der Waals surface area contributed by atoms with Gasteiger partial charge in [0.25, 0.3) is 0 Å². The van der Waals surface area contributed by atoms with E-state index in [4.69, 9.17) is 11.6 Å². The van der Waals surface area contributed by atoms with Gasteiger partial charge in [-0.2, -0.15) is 0 Å². The van der Waals surface area contributed by atoms with Gasteiger partial charge in [0.1, 0.15) is 5.82 Å². The van der Waals surface area contributed by atoms with Crippen LogP contribution in [0.25, 0.3) is 0 Å². The van der Waals surface area contributed by atoms with E-state index < -0.39 is 5.82 Å². The smallest absolute Gasteiger partial charge is 0.236 e. The summed E-state index contributed by atoms with van der Waals surface area (Å²) >= 11 is 5.75. The molecule has 0 unspecified atom stereocenters. The Balaban J connectivity index is 1.86. The van der Waals surface area contributed by atoms with Gasteiger partial charge in [0, 0.05) is 32.7 Å². The molecule has 0 aliphatic carbocycles. The molecule has 1 saturated heterocycles. The predicted octanol–water partition coefficient (Wildman–Crippen LogP) is 1.34. The average Bonchev–Trinajstić information content (AvgIpc) is 2.44. The Labute approximate surface area is 123 Å². The number of halogens is 2. The molecule has 0 aromatic heterocycles. The van der Waals surface area contributed by atoms with Crippen molar-refractivity contribution in [2.45, 2.75) is 6.54 Å². The van der Waals surface area contributed by atoms with Crippen LogP contribution < -0.4 is 5.32 Å².